The Bertz CT molecular complexity index is 2370. The number of rotatable bonds is 18. The number of halogens is 1. The zero-order valence-corrected chi connectivity index (χ0v) is 32.9. The first-order valence-electron chi connectivity index (χ1n) is 20.8. The van der Waals surface area contributed by atoms with Gasteiger partial charge in [-0.1, -0.05) is 60.7 Å². The lowest BCUT2D eigenvalue weighted by Crippen LogP contribution is -2.39. The molecular weight excluding hydrogens is 728 g/mol. The van der Waals surface area contributed by atoms with Crippen molar-refractivity contribution in [2.45, 2.75) is 81.5 Å². The molecule has 0 bridgehead atoms. The van der Waals surface area contributed by atoms with Gasteiger partial charge in [0.25, 0.3) is 11.8 Å². The molecule has 302 valence electrons. The van der Waals surface area contributed by atoms with Crippen LogP contribution in [0.2, 0.25) is 0 Å². The molecule has 2 heterocycles. The Kier molecular flexibility index (Phi) is 11.8. The predicted octanol–water partition coefficient (Wildman–Crippen LogP) is 7.06. The number of carbonyl (C=O) groups excluding carboxylic acids is 2. The van der Waals surface area contributed by atoms with Gasteiger partial charge in [0.1, 0.15) is 17.2 Å². The van der Waals surface area contributed by atoms with Gasteiger partial charge in [0.05, 0.1) is 0 Å². The van der Waals surface area contributed by atoms with Crippen LogP contribution in [0, 0.1) is 17.7 Å². The van der Waals surface area contributed by atoms with E-state index in [-0.39, 0.29) is 41.8 Å². The van der Waals surface area contributed by atoms with Gasteiger partial charge in [-0.3, -0.25) is 9.59 Å². The SMILES string of the molecule is NC(CC[C@H](N)CNC(=O)c1cc2ccc(-c3ccc(F)cc3)cc2[nH]1)CC1CC1C(N)CC[C@H](N)CNC(=O)c1cc2ccc(-c3ccc(C4CC4)cc3)cc2[nH]1. The van der Waals surface area contributed by atoms with Gasteiger partial charge in [0, 0.05) is 59.1 Å². The molecule has 58 heavy (non-hydrogen) atoms. The monoisotopic (exact) mass is 782 g/mol. The Labute approximate surface area is 338 Å². The molecule has 0 spiro atoms. The van der Waals surface area contributed by atoms with Crippen molar-refractivity contribution in [2.75, 3.05) is 13.1 Å². The lowest BCUT2D eigenvalue weighted by Gasteiger charge is -2.18. The number of H-pyrrole nitrogens is 2. The Morgan fingerprint density at radius 3 is 1.64 bits per heavy atom. The fraction of sp³-hybridized carbons (Fsp3) is 0.362. The number of hydrogen-bond donors (Lipinski definition) is 8. The molecule has 0 aliphatic heterocycles. The quantitative estimate of drug-likeness (QED) is 0.0460. The molecule has 2 aliphatic carbocycles. The van der Waals surface area contributed by atoms with Crippen LogP contribution >= 0.6 is 0 Å². The second kappa shape index (κ2) is 17.3. The zero-order valence-electron chi connectivity index (χ0n) is 32.9. The minimum Gasteiger partial charge on any atom is -0.351 e. The van der Waals surface area contributed by atoms with Crippen LogP contribution in [0.25, 0.3) is 44.1 Å². The summed E-state index contributed by atoms with van der Waals surface area (Å²) in [5.74, 6) is 0.987. The smallest absolute Gasteiger partial charge is 0.267 e. The third kappa shape index (κ3) is 9.67. The first-order chi connectivity index (χ1) is 28.1. The average Bonchev–Trinajstić information content (AvgIpc) is 4.14. The van der Waals surface area contributed by atoms with Crippen molar-refractivity contribution >= 4 is 33.6 Å². The van der Waals surface area contributed by atoms with E-state index < -0.39 is 0 Å². The molecule has 11 heteroatoms. The van der Waals surface area contributed by atoms with Crippen molar-refractivity contribution in [2.24, 2.45) is 34.8 Å². The van der Waals surface area contributed by atoms with Crippen molar-refractivity contribution < 1.29 is 14.0 Å². The third-order valence-electron chi connectivity index (χ3n) is 12.2. The summed E-state index contributed by atoms with van der Waals surface area (Å²) in [6.45, 7) is 0.720. The Morgan fingerprint density at radius 2 is 1.10 bits per heavy atom. The van der Waals surface area contributed by atoms with Gasteiger partial charge in [-0.05, 0) is 133 Å². The number of benzene rings is 4. The number of carbonyl (C=O) groups is 2. The second-order valence-corrected chi connectivity index (χ2v) is 16.8. The summed E-state index contributed by atoms with van der Waals surface area (Å²) in [6, 6.07) is 30.6. The van der Waals surface area contributed by atoms with E-state index in [0.29, 0.717) is 42.7 Å². The lowest BCUT2D eigenvalue weighted by atomic mass is 9.98. The first kappa shape index (κ1) is 39.5. The number of nitrogens with two attached hydrogens (primary N) is 4. The standard InChI is InChI=1S/C47H55FN8O2/c48-36-13-11-30(12-14-36)32-8-10-34-24-44(56-43(34)22-32)46(57)53-25-38(50)16-15-37(49)19-35-20-40(35)41(52)18-17-39(51)26-54-47(58)45-23-33-9-7-31(21-42(33)55-45)29-5-3-28(4-6-29)27-1-2-27/h3-14,21-24,27,35,37-41,55-56H,1-2,15-20,25-26,49-52H2,(H,53,57)(H,54,58)/t35?,37?,38-,39-,40?,41?/m0/s1. The van der Waals surface area contributed by atoms with Crippen molar-refractivity contribution in [3.05, 3.63) is 120 Å². The second-order valence-electron chi connectivity index (χ2n) is 16.8. The molecule has 2 saturated carbocycles. The topological polar surface area (TPSA) is 194 Å². The number of aromatic nitrogens is 2. The molecule has 2 aliphatic rings. The highest BCUT2D eigenvalue weighted by Crippen LogP contribution is 2.45. The molecule has 4 unspecified atom stereocenters. The van der Waals surface area contributed by atoms with Gasteiger partial charge in [-0.15, -0.1) is 0 Å². The van der Waals surface area contributed by atoms with E-state index in [1.165, 1.54) is 36.1 Å². The van der Waals surface area contributed by atoms with Crippen LogP contribution in [0.15, 0.2) is 97.1 Å². The van der Waals surface area contributed by atoms with Gasteiger partial charge in [0.2, 0.25) is 0 Å². The summed E-state index contributed by atoms with van der Waals surface area (Å²) >= 11 is 0. The van der Waals surface area contributed by atoms with Gasteiger partial charge in [-0.2, -0.15) is 0 Å². The fourth-order valence-electron chi connectivity index (χ4n) is 8.33. The predicted molar refractivity (Wildman–Crippen MR) is 231 cm³/mol. The zero-order chi connectivity index (χ0) is 40.3. The molecule has 6 atom stereocenters. The maximum absolute atomic E-state index is 13.4. The van der Waals surface area contributed by atoms with Gasteiger partial charge in [0.15, 0.2) is 0 Å². The lowest BCUT2D eigenvalue weighted by molar-refractivity contribution is 0.0938. The number of amides is 2. The van der Waals surface area contributed by atoms with Gasteiger partial charge >= 0.3 is 0 Å². The summed E-state index contributed by atoms with van der Waals surface area (Å²) in [7, 11) is 0. The summed E-state index contributed by atoms with van der Waals surface area (Å²) in [5, 5.41) is 7.85. The van der Waals surface area contributed by atoms with Crippen LogP contribution in [0.1, 0.15) is 83.8 Å². The van der Waals surface area contributed by atoms with Gasteiger partial charge < -0.3 is 43.5 Å². The van der Waals surface area contributed by atoms with Crippen LogP contribution in [0.3, 0.4) is 0 Å². The van der Waals surface area contributed by atoms with E-state index in [1.54, 1.807) is 12.1 Å². The van der Waals surface area contributed by atoms with Crippen LogP contribution in [-0.2, 0) is 0 Å². The number of fused-ring (bicyclic) bond motifs is 2. The van der Waals surface area contributed by atoms with E-state index in [9.17, 15) is 14.0 Å². The van der Waals surface area contributed by atoms with Crippen molar-refractivity contribution in [3.63, 3.8) is 0 Å². The van der Waals surface area contributed by atoms with Crippen LogP contribution in [0.5, 0.6) is 0 Å². The molecule has 0 radical (unpaired) electrons. The Hall–Kier alpha value is -5.33. The maximum Gasteiger partial charge on any atom is 0.267 e. The molecule has 6 aromatic rings. The molecule has 8 rings (SSSR count). The van der Waals surface area contributed by atoms with Crippen molar-refractivity contribution in [1.82, 2.24) is 20.6 Å². The average molecular weight is 783 g/mol. The molecule has 0 saturated heterocycles. The number of aromatic amines is 2. The molecule has 10 nitrogen and oxygen atoms in total. The van der Waals surface area contributed by atoms with Crippen LogP contribution in [-0.4, -0.2) is 59.0 Å². The summed E-state index contributed by atoms with van der Waals surface area (Å²) < 4.78 is 13.4. The van der Waals surface area contributed by atoms with Crippen LogP contribution < -0.4 is 33.6 Å². The largest absolute Gasteiger partial charge is 0.351 e. The molecule has 2 aromatic heterocycles. The van der Waals surface area contributed by atoms with E-state index in [1.807, 2.05) is 30.3 Å². The summed E-state index contributed by atoms with van der Waals surface area (Å²) in [5.41, 5.74) is 34.2. The number of hydrogen-bond acceptors (Lipinski definition) is 6. The van der Waals surface area contributed by atoms with E-state index in [4.69, 9.17) is 22.9 Å². The minimum absolute atomic E-state index is 0.0140. The van der Waals surface area contributed by atoms with E-state index in [2.05, 4.69) is 63.1 Å². The number of nitrogens with one attached hydrogen (secondary N) is 4. The highest BCUT2D eigenvalue weighted by Gasteiger charge is 2.41. The van der Waals surface area contributed by atoms with Crippen molar-refractivity contribution in [3.8, 4) is 22.3 Å². The Morgan fingerprint density at radius 1 is 0.621 bits per heavy atom. The van der Waals surface area contributed by atoms with E-state index in [0.717, 1.165) is 76.5 Å². The minimum atomic E-state index is -0.281. The molecule has 4 aromatic carbocycles. The Balaban J connectivity index is 0.708. The van der Waals surface area contributed by atoms with E-state index >= 15 is 0 Å². The molecule has 12 N–H and O–H groups in total. The molecule has 2 fully saturated rings. The summed E-state index contributed by atoms with van der Waals surface area (Å²) in [6.07, 6.45) is 7.53. The molecule has 2 amide bonds. The highest BCUT2D eigenvalue weighted by molar-refractivity contribution is 5.99. The first-order valence-corrected chi connectivity index (χ1v) is 20.8. The highest BCUT2D eigenvalue weighted by atomic mass is 19.1. The fourth-order valence-corrected chi connectivity index (χ4v) is 8.33. The van der Waals surface area contributed by atoms with Gasteiger partial charge in [-0.25, -0.2) is 4.39 Å². The van der Waals surface area contributed by atoms with Crippen molar-refractivity contribution in [1.29, 1.82) is 0 Å². The maximum atomic E-state index is 13.4. The normalized spacial score (nSPS) is 18.5. The third-order valence-corrected chi connectivity index (χ3v) is 12.2. The van der Waals surface area contributed by atoms with Crippen LogP contribution in [0.4, 0.5) is 4.39 Å². The molecular formula is C47H55FN8O2. The summed E-state index contributed by atoms with van der Waals surface area (Å²) in [4.78, 5) is 32.4.